The van der Waals surface area contributed by atoms with Gasteiger partial charge in [-0.1, -0.05) is 0 Å². The number of hydrogen-bond acceptors (Lipinski definition) is 6. The predicted octanol–water partition coefficient (Wildman–Crippen LogP) is -1.12. The second kappa shape index (κ2) is 10.9. The second-order valence-corrected chi connectivity index (χ2v) is 2.36. The maximum Gasteiger partial charge on any atom is 0.303 e. The van der Waals surface area contributed by atoms with Crippen molar-refractivity contribution in [2.75, 3.05) is 6.54 Å². The zero-order valence-corrected chi connectivity index (χ0v) is 8.25. The van der Waals surface area contributed by atoms with Crippen LogP contribution in [0.2, 0.25) is 0 Å². The monoisotopic (exact) mass is 229 g/mol. The number of carbonyl (C=O) groups is 2. The van der Waals surface area contributed by atoms with Crippen LogP contribution in [0.5, 0.6) is 0 Å². The third-order valence-corrected chi connectivity index (χ3v) is 1.05. The van der Waals surface area contributed by atoms with E-state index in [1.165, 1.54) is 6.07 Å². The largest absolute Gasteiger partial charge is 0.481 e. The van der Waals surface area contributed by atoms with Crippen LogP contribution in [-0.2, 0) is 9.59 Å². The van der Waals surface area contributed by atoms with Crippen LogP contribution in [0.15, 0.2) is 0 Å². The lowest BCUT2D eigenvalue weighted by molar-refractivity contribution is -0.143. The minimum Gasteiger partial charge on any atom is -0.481 e. The Bertz CT molecular complexity index is 290. The Labute approximate surface area is 91.3 Å². The van der Waals surface area contributed by atoms with E-state index in [1.807, 2.05) is 0 Å². The zero-order valence-electron chi connectivity index (χ0n) is 8.25. The molecule has 88 valence electrons. The summed E-state index contributed by atoms with van der Waals surface area (Å²) < 4.78 is 0. The molecule has 0 aliphatic heterocycles. The molecule has 0 aromatic heterocycles. The third kappa shape index (κ3) is 17.8. The van der Waals surface area contributed by atoms with E-state index in [4.69, 9.17) is 25.8 Å². The molecular weight excluding hydrogens is 218 g/mol. The second-order valence-electron chi connectivity index (χ2n) is 2.36. The van der Waals surface area contributed by atoms with E-state index in [9.17, 15) is 9.59 Å². The van der Waals surface area contributed by atoms with E-state index < -0.39 is 18.2 Å². The summed E-state index contributed by atoms with van der Waals surface area (Å²) >= 11 is 0. The first-order chi connectivity index (χ1) is 7.43. The third-order valence-electron chi connectivity index (χ3n) is 1.05. The number of carboxylic acid groups (broad SMARTS) is 2. The van der Waals surface area contributed by atoms with Gasteiger partial charge in [-0.05, 0) is 0 Å². The molecule has 16 heavy (non-hydrogen) atoms. The van der Waals surface area contributed by atoms with Crippen LogP contribution >= 0.6 is 0 Å². The summed E-state index contributed by atoms with van der Waals surface area (Å²) in [6, 6.07) is 3.20. The lowest BCUT2D eigenvalue weighted by Gasteiger charge is -1.95. The van der Waals surface area contributed by atoms with Gasteiger partial charge in [0.25, 0.3) is 0 Å². The smallest absolute Gasteiger partial charge is 0.303 e. The summed E-state index contributed by atoms with van der Waals surface area (Å²) in [6.45, 7) is -0.00523. The fraction of sp³-hybridized carbons (Fsp3) is 0.500. The molecule has 0 rings (SSSR count). The first-order valence-electron chi connectivity index (χ1n) is 4.05. The average molecular weight is 229 g/mol. The van der Waals surface area contributed by atoms with Crippen LogP contribution in [0.25, 0.3) is 0 Å². The quantitative estimate of drug-likeness (QED) is 0.262. The van der Waals surface area contributed by atoms with Crippen LogP contribution in [0, 0.1) is 22.7 Å². The molecule has 0 heterocycles. The molecule has 8 nitrogen and oxygen atoms in total. The van der Waals surface area contributed by atoms with E-state index >= 15 is 0 Å². The molecule has 0 spiro atoms. The van der Waals surface area contributed by atoms with Gasteiger partial charge in [-0.15, -0.1) is 0 Å². The molecule has 0 saturated carbocycles. The maximum absolute atomic E-state index is 9.64. The molecular formula is C8H11N3O5. The lowest BCUT2D eigenvalue weighted by Crippen LogP contribution is -2.26. The van der Waals surface area contributed by atoms with Gasteiger partial charge in [0.15, 0.2) is 6.23 Å². The molecule has 0 fully saturated rings. The fourth-order valence-electron chi connectivity index (χ4n) is 0.402. The summed E-state index contributed by atoms with van der Waals surface area (Å²) in [4.78, 5) is 19.3. The summed E-state index contributed by atoms with van der Waals surface area (Å²) in [6.07, 6.45) is -1.81. The summed E-state index contributed by atoms with van der Waals surface area (Å²) in [5.74, 6) is -2.15. The van der Waals surface area contributed by atoms with Crippen molar-refractivity contribution in [2.45, 2.75) is 19.1 Å². The van der Waals surface area contributed by atoms with Crippen molar-refractivity contribution < 1.29 is 24.9 Å². The van der Waals surface area contributed by atoms with Gasteiger partial charge < -0.3 is 15.3 Å². The zero-order chi connectivity index (χ0) is 13.0. The number of rotatable bonds is 5. The maximum atomic E-state index is 9.64. The van der Waals surface area contributed by atoms with E-state index in [0.717, 1.165) is 0 Å². The van der Waals surface area contributed by atoms with Crippen molar-refractivity contribution in [3.8, 4) is 12.1 Å². The first kappa shape index (κ1) is 16.3. The van der Waals surface area contributed by atoms with Gasteiger partial charge in [0.2, 0.25) is 0 Å². The summed E-state index contributed by atoms with van der Waals surface area (Å²) in [5.41, 5.74) is 0. The SMILES string of the molecule is N#CCNC(O)C#N.O=C(O)CCC(=O)O. The molecule has 0 aliphatic carbocycles. The van der Waals surface area contributed by atoms with E-state index in [-0.39, 0.29) is 19.4 Å². The average Bonchev–Trinajstić information content (AvgIpc) is 2.23. The van der Waals surface area contributed by atoms with Gasteiger partial charge in [0.05, 0.1) is 25.5 Å². The number of aliphatic carboxylic acids is 2. The van der Waals surface area contributed by atoms with E-state index in [1.54, 1.807) is 6.07 Å². The van der Waals surface area contributed by atoms with Gasteiger partial charge in [0.1, 0.15) is 6.07 Å². The molecule has 0 amide bonds. The van der Waals surface area contributed by atoms with Crippen molar-refractivity contribution in [2.24, 2.45) is 0 Å². The number of aliphatic hydroxyl groups is 1. The van der Waals surface area contributed by atoms with Gasteiger partial charge in [-0.25, -0.2) is 0 Å². The Morgan fingerprint density at radius 1 is 1.19 bits per heavy atom. The number of nitrogens with zero attached hydrogens (tertiary/aromatic N) is 2. The van der Waals surface area contributed by atoms with Crippen molar-refractivity contribution in [3.05, 3.63) is 0 Å². The Kier molecular flexibility index (Phi) is 11.1. The lowest BCUT2D eigenvalue weighted by atomic mass is 10.3. The van der Waals surface area contributed by atoms with Crippen LogP contribution in [0.4, 0.5) is 0 Å². The molecule has 0 radical (unpaired) electrons. The van der Waals surface area contributed by atoms with Gasteiger partial charge >= 0.3 is 11.9 Å². The Balaban J connectivity index is 0. The van der Waals surface area contributed by atoms with E-state index in [2.05, 4.69) is 5.32 Å². The molecule has 0 bridgehead atoms. The highest BCUT2D eigenvalue weighted by atomic mass is 16.4. The molecule has 0 aliphatic rings. The predicted molar refractivity (Wildman–Crippen MR) is 49.7 cm³/mol. The standard InChI is InChI=1S/C4H5N3O.C4H6O4/c5-1-2-7-4(8)3-6;5-3(6)1-2-4(7)8/h4,7-8H,2H2;1-2H2,(H,5,6)(H,7,8). The minimum atomic E-state index is -1.21. The highest BCUT2D eigenvalue weighted by Crippen LogP contribution is 1.86. The van der Waals surface area contributed by atoms with Crippen LogP contribution < -0.4 is 5.32 Å². The van der Waals surface area contributed by atoms with Crippen LogP contribution in [-0.4, -0.2) is 40.0 Å². The van der Waals surface area contributed by atoms with Crippen LogP contribution in [0.1, 0.15) is 12.8 Å². The number of nitrogens with one attached hydrogen (secondary N) is 1. The molecule has 1 atom stereocenters. The van der Waals surface area contributed by atoms with Crippen molar-refractivity contribution in [1.29, 1.82) is 10.5 Å². The van der Waals surface area contributed by atoms with Gasteiger partial charge in [0, 0.05) is 0 Å². The normalized spacial score (nSPS) is 9.94. The molecule has 4 N–H and O–H groups in total. The molecule has 1 unspecified atom stereocenters. The van der Waals surface area contributed by atoms with E-state index in [0.29, 0.717) is 0 Å². The number of aliphatic hydroxyl groups excluding tert-OH is 1. The van der Waals surface area contributed by atoms with Crippen molar-refractivity contribution in [1.82, 2.24) is 5.32 Å². The number of carboxylic acids is 2. The highest BCUT2D eigenvalue weighted by Gasteiger charge is 2.00. The molecule has 0 aromatic carbocycles. The molecule has 0 saturated heterocycles. The van der Waals surface area contributed by atoms with Crippen LogP contribution in [0.3, 0.4) is 0 Å². The Morgan fingerprint density at radius 2 is 1.62 bits per heavy atom. The topological polar surface area (TPSA) is 154 Å². The molecule has 0 aromatic rings. The van der Waals surface area contributed by atoms with Gasteiger partial charge in [-0.2, -0.15) is 10.5 Å². The first-order valence-corrected chi connectivity index (χ1v) is 4.05. The minimum absolute atomic E-state index is 0.00523. The number of hydrogen-bond donors (Lipinski definition) is 4. The fourth-order valence-corrected chi connectivity index (χ4v) is 0.402. The highest BCUT2D eigenvalue weighted by molar-refractivity contribution is 5.75. The van der Waals surface area contributed by atoms with Crippen molar-refractivity contribution in [3.63, 3.8) is 0 Å². The Morgan fingerprint density at radius 3 is 1.88 bits per heavy atom. The van der Waals surface area contributed by atoms with Gasteiger partial charge in [-0.3, -0.25) is 14.9 Å². The Hall–Kier alpha value is -2.16. The number of nitriles is 2. The summed E-state index contributed by atoms with van der Waals surface area (Å²) in [7, 11) is 0. The molecule has 8 heteroatoms. The summed E-state index contributed by atoms with van der Waals surface area (Å²) in [5, 5.41) is 42.1. The van der Waals surface area contributed by atoms with Crippen molar-refractivity contribution >= 4 is 11.9 Å².